The molecule has 1 saturated carbocycles. The first-order valence-corrected chi connectivity index (χ1v) is 10.2. The van der Waals surface area contributed by atoms with Crippen molar-refractivity contribution in [2.24, 2.45) is 5.92 Å². The van der Waals surface area contributed by atoms with Gasteiger partial charge in [0.25, 0.3) is 0 Å². The highest BCUT2D eigenvalue weighted by molar-refractivity contribution is 5.91. The lowest BCUT2D eigenvalue weighted by molar-refractivity contribution is -0.126. The van der Waals surface area contributed by atoms with Crippen LogP contribution >= 0.6 is 0 Å². The van der Waals surface area contributed by atoms with Crippen molar-refractivity contribution >= 4 is 22.6 Å². The second-order valence-corrected chi connectivity index (χ2v) is 7.60. The molecule has 1 aliphatic rings. The summed E-state index contributed by atoms with van der Waals surface area (Å²) in [7, 11) is 0. The summed E-state index contributed by atoms with van der Waals surface area (Å²) in [6.45, 7) is 2.26. The minimum Gasteiger partial charge on any atom is -0.352 e. The Hall–Kier alpha value is -2.36. The molecule has 2 aromatic rings. The molecule has 0 saturated heterocycles. The van der Waals surface area contributed by atoms with E-state index in [2.05, 4.69) is 17.6 Å². The van der Waals surface area contributed by atoms with Gasteiger partial charge in [0.15, 0.2) is 0 Å². The monoisotopic (exact) mass is 366 g/mol. The average molecular weight is 367 g/mol. The van der Waals surface area contributed by atoms with E-state index < -0.39 is 0 Å². The smallest absolute Gasteiger partial charge is 0.239 e. The van der Waals surface area contributed by atoms with Gasteiger partial charge in [-0.05, 0) is 41.5 Å². The molecule has 3 rings (SSSR count). The van der Waals surface area contributed by atoms with Gasteiger partial charge in [-0.25, -0.2) is 0 Å². The van der Waals surface area contributed by atoms with Gasteiger partial charge in [-0.2, -0.15) is 0 Å². The molecule has 4 nitrogen and oxygen atoms in total. The summed E-state index contributed by atoms with van der Waals surface area (Å²) in [5, 5.41) is 8.12. The van der Waals surface area contributed by atoms with Gasteiger partial charge in [0, 0.05) is 6.04 Å². The van der Waals surface area contributed by atoms with Gasteiger partial charge in [0.05, 0.1) is 13.0 Å². The Kier molecular flexibility index (Phi) is 6.86. The molecule has 1 aliphatic carbocycles. The molecule has 0 bridgehead atoms. The van der Waals surface area contributed by atoms with Crippen molar-refractivity contribution in [1.29, 1.82) is 0 Å². The lowest BCUT2D eigenvalue weighted by Crippen LogP contribution is -2.43. The number of hydrogen-bond acceptors (Lipinski definition) is 2. The SMILES string of the molecule is CCCCC1CCCC1NC(=O)CNC(=O)Cc1cccc2ccccc12. The van der Waals surface area contributed by atoms with E-state index in [1.807, 2.05) is 42.5 Å². The Balaban J connectivity index is 1.48. The van der Waals surface area contributed by atoms with Crippen LogP contribution in [0, 0.1) is 5.92 Å². The van der Waals surface area contributed by atoms with E-state index in [9.17, 15) is 9.59 Å². The summed E-state index contributed by atoms with van der Waals surface area (Å²) in [6, 6.07) is 14.3. The van der Waals surface area contributed by atoms with Crippen molar-refractivity contribution in [3.8, 4) is 0 Å². The lowest BCUT2D eigenvalue weighted by atomic mass is 9.97. The van der Waals surface area contributed by atoms with Crippen LogP contribution in [0.25, 0.3) is 10.8 Å². The van der Waals surface area contributed by atoms with Crippen molar-refractivity contribution in [2.75, 3.05) is 6.54 Å². The van der Waals surface area contributed by atoms with Crippen LogP contribution in [0.4, 0.5) is 0 Å². The van der Waals surface area contributed by atoms with E-state index in [1.165, 1.54) is 32.1 Å². The Morgan fingerprint density at radius 3 is 2.70 bits per heavy atom. The Labute approximate surface area is 161 Å². The molecule has 2 atom stereocenters. The van der Waals surface area contributed by atoms with E-state index in [1.54, 1.807) is 0 Å². The largest absolute Gasteiger partial charge is 0.352 e. The maximum Gasteiger partial charge on any atom is 0.239 e. The average Bonchev–Trinajstić information content (AvgIpc) is 3.12. The number of rotatable bonds is 8. The first-order valence-electron chi connectivity index (χ1n) is 10.2. The van der Waals surface area contributed by atoms with Crippen LogP contribution in [0.2, 0.25) is 0 Å². The van der Waals surface area contributed by atoms with Crippen molar-refractivity contribution in [3.63, 3.8) is 0 Å². The van der Waals surface area contributed by atoms with Crippen LogP contribution in [0.3, 0.4) is 0 Å². The molecule has 2 aromatic carbocycles. The quantitative estimate of drug-likeness (QED) is 0.742. The molecule has 0 spiro atoms. The van der Waals surface area contributed by atoms with E-state index in [4.69, 9.17) is 0 Å². The molecule has 2 unspecified atom stereocenters. The summed E-state index contributed by atoms with van der Waals surface area (Å²) in [5.74, 6) is 0.408. The van der Waals surface area contributed by atoms with Crippen molar-refractivity contribution in [2.45, 2.75) is 57.9 Å². The van der Waals surface area contributed by atoms with Gasteiger partial charge in [-0.1, -0.05) is 68.7 Å². The second kappa shape index (κ2) is 9.54. The second-order valence-electron chi connectivity index (χ2n) is 7.60. The first kappa shape index (κ1) is 19.4. The molecular formula is C23H30N2O2. The van der Waals surface area contributed by atoms with Crippen LogP contribution in [0.15, 0.2) is 42.5 Å². The fourth-order valence-electron chi connectivity index (χ4n) is 4.16. The maximum absolute atomic E-state index is 12.3. The number of carbonyl (C=O) groups is 2. The number of unbranched alkanes of at least 4 members (excludes halogenated alkanes) is 1. The predicted octanol–water partition coefficient (Wildman–Crippen LogP) is 3.97. The van der Waals surface area contributed by atoms with E-state index in [0.29, 0.717) is 5.92 Å². The lowest BCUT2D eigenvalue weighted by Gasteiger charge is -2.21. The van der Waals surface area contributed by atoms with Crippen molar-refractivity contribution < 1.29 is 9.59 Å². The van der Waals surface area contributed by atoms with Crippen LogP contribution < -0.4 is 10.6 Å². The number of carbonyl (C=O) groups excluding carboxylic acids is 2. The molecule has 0 aliphatic heterocycles. The van der Waals surface area contributed by atoms with Crippen molar-refractivity contribution in [1.82, 2.24) is 10.6 Å². The van der Waals surface area contributed by atoms with Gasteiger partial charge in [0.2, 0.25) is 11.8 Å². The van der Waals surface area contributed by atoms with Crippen LogP contribution in [-0.4, -0.2) is 24.4 Å². The molecule has 27 heavy (non-hydrogen) atoms. The molecular weight excluding hydrogens is 336 g/mol. The molecule has 2 N–H and O–H groups in total. The Bertz CT molecular complexity index is 782. The predicted molar refractivity (Wildman–Crippen MR) is 109 cm³/mol. The number of hydrogen-bond donors (Lipinski definition) is 2. The molecule has 0 aromatic heterocycles. The molecule has 144 valence electrons. The van der Waals surface area contributed by atoms with Gasteiger partial charge in [0.1, 0.15) is 0 Å². The fraction of sp³-hybridized carbons (Fsp3) is 0.478. The molecule has 2 amide bonds. The molecule has 0 radical (unpaired) electrons. The number of nitrogens with one attached hydrogen (secondary N) is 2. The zero-order valence-corrected chi connectivity index (χ0v) is 16.2. The van der Waals surface area contributed by atoms with Gasteiger partial charge < -0.3 is 10.6 Å². The van der Waals surface area contributed by atoms with E-state index in [-0.39, 0.29) is 30.8 Å². The van der Waals surface area contributed by atoms with Crippen LogP contribution in [-0.2, 0) is 16.0 Å². The summed E-state index contributed by atoms with van der Waals surface area (Å²) >= 11 is 0. The highest BCUT2D eigenvalue weighted by Gasteiger charge is 2.27. The molecule has 4 heteroatoms. The standard InChI is InChI=1S/C23H30N2O2/c1-2-3-8-18-11-7-14-21(18)25-23(27)16-24-22(26)15-19-12-6-10-17-9-4-5-13-20(17)19/h4-6,9-10,12-13,18,21H,2-3,7-8,11,14-16H2,1H3,(H,24,26)(H,25,27). The van der Waals surface area contributed by atoms with Gasteiger partial charge in [-0.3, -0.25) is 9.59 Å². The minimum absolute atomic E-state index is 0.0561. The van der Waals surface area contributed by atoms with E-state index >= 15 is 0 Å². The topological polar surface area (TPSA) is 58.2 Å². The minimum atomic E-state index is -0.115. The number of amides is 2. The normalized spacial score (nSPS) is 19.1. The first-order chi connectivity index (χ1) is 13.2. The highest BCUT2D eigenvalue weighted by atomic mass is 16.2. The summed E-state index contributed by atoms with van der Waals surface area (Å²) in [6.07, 6.45) is 7.35. The van der Waals surface area contributed by atoms with Gasteiger partial charge in [-0.15, -0.1) is 0 Å². The molecule has 1 fully saturated rings. The van der Waals surface area contributed by atoms with Crippen LogP contribution in [0.1, 0.15) is 51.0 Å². The Morgan fingerprint density at radius 1 is 1.04 bits per heavy atom. The third-order valence-electron chi connectivity index (χ3n) is 5.61. The Morgan fingerprint density at radius 2 is 1.85 bits per heavy atom. The van der Waals surface area contributed by atoms with E-state index in [0.717, 1.165) is 22.8 Å². The zero-order chi connectivity index (χ0) is 19.1. The number of benzene rings is 2. The maximum atomic E-state index is 12.3. The zero-order valence-electron chi connectivity index (χ0n) is 16.2. The number of fused-ring (bicyclic) bond motifs is 1. The summed E-state index contributed by atoms with van der Waals surface area (Å²) in [5.41, 5.74) is 0.987. The third kappa shape index (κ3) is 5.31. The van der Waals surface area contributed by atoms with Gasteiger partial charge >= 0.3 is 0 Å². The third-order valence-corrected chi connectivity index (χ3v) is 5.61. The summed E-state index contributed by atoms with van der Waals surface area (Å²) in [4.78, 5) is 24.6. The van der Waals surface area contributed by atoms with Crippen LogP contribution in [0.5, 0.6) is 0 Å². The molecule has 0 heterocycles. The fourth-order valence-corrected chi connectivity index (χ4v) is 4.16. The highest BCUT2D eigenvalue weighted by Crippen LogP contribution is 2.29. The summed E-state index contributed by atoms with van der Waals surface area (Å²) < 4.78 is 0. The van der Waals surface area contributed by atoms with Crippen molar-refractivity contribution in [3.05, 3.63) is 48.0 Å².